The lowest BCUT2D eigenvalue weighted by molar-refractivity contribution is -0.0542. The first kappa shape index (κ1) is 27.5. The fourth-order valence-electron chi connectivity index (χ4n) is 5.33. The molecular weight excluding hydrogens is 607 g/mol. The first-order chi connectivity index (χ1) is 19.9. The van der Waals surface area contributed by atoms with Crippen LogP contribution in [0.5, 0.6) is 0 Å². The maximum absolute atomic E-state index is 13.2. The predicted molar refractivity (Wildman–Crippen MR) is 137 cm³/mol. The van der Waals surface area contributed by atoms with E-state index >= 15 is 0 Å². The van der Waals surface area contributed by atoms with E-state index in [1.165, 1.54) is 17.2 Å². The van der Waals surface area contributed by atoms with E-state index in [9.17, 15) is 29.6 Å². The van der Waals surface area contributed by atoms with Crippen molar-refractivity contribution >= 4 is 53.5 Å². The Labute approximate surface area is 237 Å². The van der Waals surface area contributed by atoms with Gasteiger partial charge in [-0.05, 0) is 0 Å². The molecule has 7 rings (SSSR count). The van der Waals surface area contributed by atoms with E-state index in [4.69, 9.17) is 41.6 Å². The summed E-state index contributed by atoms with van der Waals surface area (Å²) >= 11 is 6.54. The second kappa shape index (κ2) is 9.35. The number of aliphatic hydroxyl groups is 3. The summed E-state index contributed by atoms with van der Waals surface area (Å²) in [6, 6.07) is 0. The Morgan fingerprint density at radius 1 is 1.10 bits per heavy atom. The number of aromatic amines is 1. The Kier molecular flexibility index (Phi) is 6.13. The number of hydrogen-bond acceptors (Lipinski definition) is 16. The van der Waals surface area contributed by atoms with E-state index < -0.39 is 73.9 Å². The number of anilines is 2. The van der Waals surface area contributed by atoms with Gasteiger partial charge in [-0.1, -0.05) is 0 Å². The summed E-state index contributed by atoms with van der Waals surface area (Å²) in [5.41, 5.74) is 9.25. The van der Waals surface area contributed by atoms with E-state index in [0.717, 1.165) is 10.9 Å². The van der Waals surface area contributed by atoms with Gasteiger partial charge in [0.25, 0.3) is 5.56 Å². The molecule has 2 saturated heterocycles. The van der Waals surface area contributed by atoms with Gasteiger partial charge in [0.2, 0.25) is 5.95 Å². The van der Waals surface area contributed by atoms with Crippen molar-refractivity contribution < 1.29 is 43.3 Å². The molecule has 2 unspecified atom stereocenters. The van der Waals surface area contributed by atoms with Crippen molar-refractivity contribution in [2.24, 2.45) is 0 Å². The number of ether oxygens (including phenoxy) is 2. The monoisotopic (exact) mass is 628 g/mol. The van der Waals surface area contributed by atoms with Gasteiger partial charge in [0.05, 0.1) is 19.3 Å². The number of phosphoric ester groups is 1. The van der Waals surface area contributed by atoms with E-state index in [1.54, 1.807) is 0 Å². The molecule has 3 fully saturated rings. The number of hydrogen-bond donors (Lipinski definition) is 7. The van der Waals surface area contributed by atoms with Crippen LogP contribution in [-0.2, 0) is 23.1 Å². The number of alkyl halides is 1. The van der Waals surface area contributed by atoms with Crippen LogP contribution >= 0.6 is 19.4 Å². The van der Waals surface area contributed by atoms with Gasteiger partial charge in [-0.3, -0.25) is 28.0 Å². The molecule has 20 nitrogen and oxygen atoms in total. The van der Waals surface area contributed by atoms with Gasteiger partial charge in [0.1, 0.15) is 53.3 Å². The van der Waals surface area contributed by atoms with Gasteiger partial charge in [0.15, 0.2) is 35.1 Å². The van der Waals surface area contributed by atoms with Crippen molar-refractivity contribution in [2.75, 3.05) is 18.1 Å². The van der Waals surface area contributed by atoms with Crippen LogP contribution in [0.15, 0.2) is 23.8 Å². The first-order valence-electron chi connectivity index (χ1n) is 12.3. The molecule has 22 heteroatoms. The highest BCUT2D eigenvalue weighted by Gasteiger charge is 2.79. The molecular formula is C20H22ClN10O10P. The number of H-pyrrole nitrogens is 1. The molecule has 3 aliphatic rings. The number of nitrogens with zero attached hydrogens (tertiary/aromatic N) is 7. The molecule has 0 amide bonds. The average Bonchev–Trinajstić information content (AvgIpc) is 3.45. The molecule has 2 aliphatic heterocycles. The molecule has 1 aliphatic carbocycles. The highest BCUT2D eigenvalue weighted by atomic mass is 35.5. The summed E-state index contributed by atoms with van der Waals surface area (Å²) in [5.74, 6) is -0.122. The van der Waals surface area contributed by atoms with E-state index in [1.807, 2.05) is 0 Å². The minimum absolute atomic E-state index is 0.0798. The highest BCUT2D eigenvalue weighted by Crippen LogP contribution is 2.63. The number of fused-ring (bicyclic) bond motifs is 3. The molecule has 0 spiro atoms. The lowest BCUT2D eigenvalue weighted by Gasteiger charge is -2.26. The number of halogens is 1. The van der Waals surface area contributed by atoms with Gasteiger partial charge in [0, 0.05) is 0 Å². The van der Waals surface area contributed by atoms with Crippen molar-refractivity contribution in [1.29, 1.82) is 0 Å². The number of aromatic nitrogens is 8. The number of imidazole rings is 2. The molecule has 10 atom stereocenters. The Hall–Kier alpha value is -3.30. The Bertz CT molecular complexity index is 1820. The normalized spacial score (nSPS) is 35.5. The number of phosphoric acid groups is 1. The van der Waals surface area contributed by atoms with Crippen molar-refractivity contribution in [3.63, 3.8) is 0 Å². The number of nitrogen functional groups attached to an aromatic ring is 2. The predicted octanol–water partition coefficient (Wildman–Crippen LogP) is -2.51. The maximum atomic E-state index is 13.2. The smallest absolute Gasteiger partial charge is 0.394 e. The highest BCUT2D eigenvalue weighted by molar-refractivity contribution is 7.47. The Morgan fingerprint density at radius 2 is 1.81 bits per heavy atom. The van der Waals surface area contributed by atoms with Crippen LogP contribution in [0.25, 0.3) is 22.3 Å². The van der Waals surface area contributed by atoms with Gasteiger partial charge in [-0.15, -0.1) is 11.6 Å². The minimum Gasteiger partial charge on any atom is -0.394 e. The molecule has 1 saturated carbocycles. The van der Waals surface area contributed by atoms with E-state index in [0.29, 0.717) is 11.2 Å². The minimum atomic E-state index is -5.10. The Morgan fingerprint density at radius 3 is 2.50 bits per heavy atom. The van der Waals surface area contributed by atoms with Crippen LogP contribution in [-0.4, -0.2) is 107 Å². The van der Waals surface area contributed by atoms with Crippen LogP contribution < -0.4 is 17.0 Å². The number of nitrogens with two attached hydrogens (primary N) is 2. The van der Waals surface area contributed by atoms with E-state index in [-0.39, 0.29) is 22.9 Å². The third-order valence-corrected chi connectivity index (χ3v) is 9.00. The molecule has 6 heterocycles. The van der Waals surface area contributed by atoms with Crippen molar-refractivity contribution in [1.82, 2.24) is 39.0 Å². The molecule has 42 heavy (non-hydrogen) atoms. The lowest BCUT2D eigenvalue weighted by atomic mass is 10.1. The molecule has 4 aromatic rings. The average molecular weight is 629 g/mol. The molecule has 0 aromatic carbocycles. The largest absolute Gasteiger partial charge is 0.473 e. The molecule has 0 bridgehead atoms. The molecule has 224 valence electrons. The standard InChI is InChI=1S/C20H22ClN10O10P/c21-10-18(30-3-26-6-13(22)24-2-25-14(6)30)39-11-12(20(10,11)35)41-42(36,37)40-9-8(33)5(1-32)38-17(9)31-4-27-7-15(31)28-19(23)29-16(7)34/h2-5,8-12,17-18,32-33,35H,1H2,(H,36,37)(H2,22,24,25)(H3,23,28,29,34)/t5-,8-,9-,10-,11-,12?,17-,18-,20+/m1/s1. The summed E-state index contributed by atoms with van der Waals surface area (Å²) in [4.78, 5) is 45.2. The van der Waals surface area contributed by atoms with E-state index in [2.05, 4.69) is 29.9 Å². The van der Waals surface area contributed by atoms with Crippen molar-refractivity contribution in [3.05, 3.63) is 29.3 Å². The first-order valence-corrected chi connectivity index (χ1v) is 14.2. The number of nitrogens with one attached hydrogen (secondary N) is 1. The molecule has 9 N–H and O–H groups in total. The number of aliphatic hydroxyl groups excluding tert-OH is 2. The van der Waals surface area contributed by atoms with Crippen LogP contribution in [0.2, 0.25) is 0 Å². The lowest BCUT2D eigenvalue weighted by Crippen LogP contribution is -2.36. The third kappa shape index (κ3) is 3.96. The van der Waals surface area contributed by atoms with Crippen LogP contribution in [0.1, 0.15) is 12.5 Å². The fourth-order valence-corrected chi connectivity index (χ4v) is 6.92. The summed E-state index contributed by atoms with van der Waals surface area (Å²) < 4.78 is 37.8. The Balaban J connectivity index is 1.11. The van der Waals surface area contributed by atoms with Crippen LogP contribution in [0.4, 0.5) is 11.8 Å². The quantitative estimate of drug-likeness (QED) is 0.0821. The second-order valence-corrected chi connectivity index (χ2v) is 11.7. The zero-order chi connectivity index (χ0) is 29.7. The van der Waals surface area contributed by atoms with Gasteiger partial charge < -0.3 is 41.2 Å². The fraction of sp³-hybridized carbons (Fsp3) is 0.500. The maximum Gasteiger partial charge on any atom is 0.473 e. The van der Waals surface area contributed by atoms with Crippen LogP contribution in [0, 0.1) is 0 Å². The summed E-state index contributed by atoms with van der Waals surface area (Å²) in [7, 11) is -5.10. The number of rotatable bonds is 7. The summed E-state index contributed by atoms with van der Waals surface area (Å²) in [6.45, 7) is -0.690. The second-order valence-electron chi connectivity index (χ2n) is 9.90. The topological polar surface area (TPSA) is 294 Å². The summed E-state index contributed by atoms with van der Waals surface area (Å²) in [5, 5.41) is 30.4. The van der Waals surface area contributed by atoms with Crippen LogP contribution in [0.3, 0.4) is 0 Å². The summed E-state index contributed by atoms with van der Waals surface area (Å²) in [6.07, 6.45) is -5.79. The molecule has 4 aromatic heterocycles. The molecule has 0 radical (unpaired) electrons. The third-order valence-electron chi connectivity index (χ3n) is 7.44. The SMILES string of the molecule is Nc1nc2c(ncn2[C@@H]2O[C@H](CO)[C@@H](O)[C@H]2OP(=O)(O)OC2[C@H]3O[C@@H](n4cnc5c(N)ncnc54)[C@@H](Cl)[C@@]23O)c(=O)[nH]1. The van der Waals surface area contributed by atoms with Crippen molar-refractivity contribution in [3.8, 4) is 0 Å². The zero-order valence-electron chi connectivity index (χ0n) is 20.9. The van der Waals surface area contributed by atoms with Crippen molar-refractivity contribution in [2.45, 2.75) is 54.0 Å². The van der Waals surface area contributed by atoms with Gasteiger partial charge >= 0.3 is 7.82 Å². The van der Waals surface area contributed by atoms with Gasteiger partial charge in [-0.2, -0.15) is 4.98 Å². The van der Waals surface area contributed by atoms with Gasteiger partial charge in [-0.25, -0.2) is 24.5 Å². The zero-order valence-corrected chi connectivity index (χ0v) is 22.6.